The molecule has 0 saturated heterocycles. The fraction of sp³-hybridized carbons (Fsp3) is 0.947. The number of rotatable bonds is 14. The number of carbonyl (C=O) groups excluding carboxylic acids is 1. The molecule has 2 heteroatoms. The topological polar surface area (TPSA) is 17.1 Å². The van der Waals surface area contributed by atoms with Gasteiger partial charge in [-0.05, 0) is 24.7 Å². The van der Waals surface area contributed by atoms with Crippen molar-refractivity contribution in [3.8, 4) is 0 Å². The molecule has 21 heavy (non-hydrogen) atoms. The van der Waals surface area contributed by atoms with E-state index >= 15 is 0 Å². The maximum atomic E-state index is 11.8. The molecule has 0 fully saturated rings. The molecule has 126 valence electrons. The van der Waals surface area contributed by atoms with Crippen LogP contribution in [0.3, 0.4) is 0 Å². The first-order chi connectivity index (χ1) is 10.1. The second-order valence-corrected chi connectivity index (χ2v) is 8.11. The van der Waals surface area contributed by atoms with Crippen molar-refractivity contribution in [3.05, 3.63) is 0 Å². The summed E-state index contributed by atoms with van der Waals surface area (Å²) >= 11 is 1.57. The fourth-order valence-electron chi connectivity index (χ4n) is 2.51. The van der Waals surface area contributed by atoms with Crippen molar-refractivity contribution >= 4 is 16.9 Å². The van der Waals surface area contributed by atoms with Crippen LogP contribution in [0.5, 0.6) is 0 Å². The van der Waals surface area contributed by atoms with Gasteiger partial charge in [0.15, 0.2) is 5.12 Å². The minimum atomic E-state index is 0.417. The molecule has 0 aliphatic carbocycles. The summed E-state index contributed by atoms with van der Waals surface area (Å²) in [6.07, 6.45) is 13.6. The van der Waals surface area contributed by atoms with Crippen molar-refractivity contribution in [2.45, 2.75) is 98.3 Å². The van der Waals surface area contributed by atoms with E-state index in [4.69, 9.17) is 0 Å². The van der Waals surface area contributed by atoms with E-state index in [-0.39, 0.29) is 0 Å². The van der Waals surface area contributed by atoms with Gasteiger partial charge in [-0.25, -0.2) is 0 Å². The van der Waals surface area contributed by atoms with E-state index in [0.717, 1.165) is 30.4 Å². The molecule has 1 nitrogen and oxygen atoms in total. The van der Waals surface area contributed by atoms with Gasteiger partial charge < -0.3 is 0 Å². The van der Waals surface area contributed by atoms with Gasteiger partial charge in [0.25, 0.3) is 0 Å². The van der Waals surface area contributed by atoms with Crippen LogP contribution in [0.1, 0.15) is 98.3 Å². The summed E-state index contributed by atoms with van der Waals surface area (Å²) in [5.74, 6) is 2.63. The molecule has 0 N–H and O–H groups in total. The Balaban J connectivity index is 3.36. The van der Waals surface area contributed by atoms with Crippen LogP contribution in [-0.4, -0.2) is 10.9 Å². The van der Waals surface area contributed by atoms with Crippen molar-refractivity contribution in [1.29, 1.82) is 0 Å². The smallest absolute Gasteiger partial charge is 0.188 e. The second-order valence-electron chi connectivity index (χ2n) is 6.96. The van der Waals surface area contributed by atoms with Gasteiger partial charge >= 0.3 is 0 Å². The van der Waals surface area contributed by atoms with Crippen LogP contribution >= 0.6 is 11.8 Å². The molecule has 0 aromatic carbocycles. The van der Waals surface area contributed by atoms with Gasteiger partial charge in [-0.2, -0.15) is 0 Å². The van der Waals surface area contributed by atoms with E-state index in [1.807, 2.05) is 0 Å². The highest BCUT2D eigenvalue weighted by Crippen LogP contribution is 2.19. The number of carbonyl (C=O) groups is 1. The van der Waals surface area contributed by atoms with E-state index < -0.39 is 0 Å². The predicted molar refractivity (Wildman–Crippen MR) is 97.9 cm³/mol. The van der Waals surface area contributed by atoms with Crippen molar-refractivity contribution in [3.63, 3.8) is 0 Å². The molecule has 1 unspecified atom stereocenters. The summed E-state index contributed by atoms with van der Waals surface area (Å²) in [5, 5.41) is 0.417. The normalized spacial score (nSPS) is 12.8. The minimum Gasteiger partial charge on any atom is -0.287 e. The first-order valence-electron chi connectivity index (χ1n) is 9.21. The van der Waals surface area contributed by atoms with Crippen LogP contribution in [0, 0.1) is 11.8 Å². The van der Waals surface area contributed by atoms with Gasteiger partial charge in [0.05, 0.1) is 0 Å². The fourth-order valence-corrected chi connectivity index (χ4v) is 3.55. The molecule has 0 spiro atoms. The number of hydrogen-bond donors (Lipinski definition) is 0. The van der Waals surface area contributed by atoms with Crippen LogP contribution < -0.4 is 0 Å². The van der Waals surface area contributed by atoms with Gasteiger partial charge in [-0.3, -0.25) is 4.79 Å². The van der Waals surface area contributed by atoms with Crippen LogP contribution in [0.15, 0.2) is 0 Å². The minimum absolute atomic E-state index is 0.417. The molecule has 0 rings (SSSR count). The maximum Gasteiger partial charge on any atom is 0.188 e. The van der Waals surface area contributed by atoms with E-state index in [1.165, 1.54) is 57.8 Å². The number of unbranched alkanes of at least 4 members (excludes halogenated alkanes) is 5. The molecule has 0 aliphatic heterocycles. The van der Waals surface area contributed by atoms with Crippen molar-refractivity contribution in [2.75, 3.05) is 5.75 Å². The largest absolute Gasteiger partial charge is 0.287 e. The van der Waals surface area contributed by atoms with Crippen molar-refractivity contribution < 1.29 is 4.79 Å². The van der Waals surface area contributed by atoms with Crippen molar-refractivity contribution in [2.24, 2.45) is 11.8 Å². The predicted octanol–water partition coefficient (Wildman–Crippen LogP) is 6.85. The van der Waals surface area contributed by atoms with Gasteiger partial charge in [0, 0.05) is 12.2 Å². The van der Waals surface area contributed by atoms with Crippen LogP contribution in [0.2, 0.25) is 0 Å². The highest BCUT2D eigenvalue weighted by molar-refractivity contribution is 8.13. The molecule has 0 saturated carbocycles. The molecule has 0 aliphatic rings. The summed E-state index contributed by atoms with van der Waals surface area (Å²) in [6, 6.07) is 0. The molecular formula is C19H38OS. The maximum absolute atomic E-state index is 11.8. The van der Waals surface area contributed by atoms with E-state index in [9.17, 15) is 4.79 Å². The Morgan fingerprint density at radius 1 is 0.857 bits per heavy atom. The van der Waals surface area contributed by atoms with Crippen molar-refractivity contribution in [1.82, 2.24) is 0 Å². The Labute approximate surface area is 138 Å². The first kappa shape index (κ1) is 21.0. The van der Waals surface area contributed by atoms with Crippen LogP contribution in [0.25, 0.3) is 0 Å². The Morgan fingerprint density at radius 3 is 2.19 bits per heavy atom. The summed E-state index contributed by atoms with van der Waals surface area (Å²) in [5.41, 5.74) is 0. The Morgan fingerprint density at radius 2 is 1.52 bits per heavy atom. The SMILES string of the molecule is CCCCCCCCC(=O)SCCC(C)CCCC(C)C. The third-order valence-electron chi connectivity index (χ3n) is 4.09. The third-order valence-corrected chi connectivity index (χ3v) is 5.05. The lowest BCUT2D eigenvalue weighted by molar-refractivity contribution is -0.111. The Kier molecular flexibility index (Phi) is 15.0. The summed E-state index contributed by atoms with van der Waals surface area (Å²) in [6.45, 7) is 9.16. The summed E-state index contributed by atoms with van der Waals surface area (Å²) in [4.78, 5) is 11.8. The molecule has 0 bridgehead atoms. The zero-order valence-corrected chi connectivity index (χ0v) is 15.8. The van der Waals surface area contributed by atoms with E-state index in [1.54, 1.807) is 11.8 Å². The molecular weight excluding hydrogens is 276 g/mol. The Hall–Kier alpha value is 0.0200. The van der Waals surface area contributed by atoms with Gasteiger partial charge in [0.1, 0.15) is 0 Å². The molecule has 0 aromatic heterocycles. The quantitative estimate of drug-likeness (QED) is 0.326. The lowest BCUT2D eigenvalue weighted by Crippen LogP contribution is -2.00. The zero-order chi connectivity index (χ0) is 15.9. The monoisotopic (exact) mass is 314 g/mol. The number of hydrogen-bond acceptors (Lipinski definition) is 2. The third kappa shape index (κ3) is 16.2. The lowest BCUT2D eigenvalue weighted by atomic mass is 9.98. The van der Waals surface area contributed by atoms with Gasteiger partial charge in [-0.15, -0.1) is 0 Å². The highest BCUT2D eigenvalue weighted by Gasteiger charge is 2.06. The first-order valence-corrected chi connectivity index (χ1v) is 10.2. The van der Waals surface area contributed by atoms with Crippen LogP contribution in [0.4, 0.5) is 0 Å². The van der Waals surface area contributed by atoms with E-state index in [2.05, 4.69) is 27.7 Å². The highest BCUT2D eigenvalue weighted by atomic mass is 32.2. The molecule has 1 atom stereocenters. The average Bonchev–Trinajstić information content (AvgIpc) is 2.42. The van der Waals surface area contributed by atoms with Gasteiger partial charge in [0.2, 0.25) is 0 Å². The second kappa shape index (κ2) is 14.9. The molecule has 0 aromatic rings. The zero-order valence-electron chi connectivity index (χ0n) is 15.0. The molecule has 0 amide bonds. The van der Waals surface area contributed by atoms with Gasteiger partial charge in [-0.1, -0.05) is 90.8 Å². The van der Waals surface area contributed by atoms with Crippen LogP contribution in [-0.2, 0) is 4.79 Å². The summed E-state index contributed by atoms with van der Waals surface area (Å²) < 4.78 is 0. The average molecular weight is 315 g/mol. The summed E-state index contributed by atoms with van der Waals surface area (Å²) in [7, 11) is 0. The van der Waals surface area contributed by atoms with E-state index in [0.29, 0.717) is 5.12 Å². The molecule has 0 radical (unpaired) electrons. The number of thioether (sulfide) groups is 1. The Bertz CT molecular complexity index is 238. The molecule has 0 heterocycles. The lowest BCUT2D eigenvalue weighted by Gasteiger charge is -2.11. The standard InChI is InChI=1S/C19H38OS/c1-5-6-7-8-9-10-14-19(20)21-16-15-18(4)13-11-12-17(2)3/h17-18H,5-16H2,1-4H3.